The van der Waals surface area contributed by atoms with Gasteiger partial charge < -0.3 is 15.4 Å². The van der Waals surface area contributed by atoms with Gasteiger partial charge in [0.25, 0.3) is 0 Å². The van der Waals surface area contributed by atoms with Crippen molar-refractivity contribution >= 4 is 23.0 Å². The minimum absolute atomic E-state index is 0.0686. The molecule has 0 saturated heterocycles. The van der Waals surface area contributed by atoms with E-state index >= 15 is 0 Å². The number of hydrogen-bond donors (Lipinski definition) is 2. The van der Waals surface area contributed by atoms with Gasteiger partial charge in [0.2, 0.25) is 5.91 Å². The van der Waals surface area contributed by atoms with Crippen molar-refractivity contribution in [1.29, 1.82) is 0 Å². The molecule has 4 nitrogen and oxygen atoms in total. The highest BCUT2D eigenvalue weighted by molar-refractivity contribution is 5.91. The maximum Gasteiger partial charge on any atom is 0.227 e. The van der Waals surface area contributed by atoms with E-state index in [1.807, 2.05) is 85.8 Å². The summed E-state index contributed by atoms with van der Waals surface area (Å²) in [5.41, 5.74) is 3.94. The molecular formula is C22H22N2O2. The molecule has 1 amide bonds. The SMILES string of the molecule is Cc1ccc(OCCC(=O)Nc2ccc(Nc3ccccc3)cc2)cc1. The zero-order chi connectivity index (χ0) is 18.2. The molecule has 0 saturated carbocycles. The van der Waals surface area contributed by atoms with Crippen molar-refractivity contribution in [2.45, 2.75) is 13.3 Å². The van der Waals surface area contributed by atoms with Crippen molar-refractivity contribution in [1.82, 2.24) is 0 Å². The third-order valence-electron chi connectivity index (χ3n) is 3.85. The fourth-order valence-corrected chi connectivity index (χ4v) is 2.44. The first-order chi connectivity index (χ1) is 12.7. The van der Waals surface area contributed by atoms with Gasteiger partial charge in [0, 0.05) is 17.1 Å². The van der Waals surface area contributed by atoms with Crippen LogP contribution in [0.1, 0.15) is 12.0 Å². The third-order valence-corrected chi connectivity index (χ3v) is 3.85. The van der Waals surface area contributed by atoms with E-state index in [9.17, 15) is 4.79 Å². The number of aryl methyl sites for hydroxylation is 1. The van der Waals surface area contributed by atoms with E-state index in [1.165, 1.54) is 5.56 Å². The second-order valence-electron chi connectivity index (χ2n) is 6.03. The van der Waals surface area contributed by atoms with Crippen molar-refractivity contribution in [3.8, 4) is 5.75 Å². The average Bonchev–Trinajstić information content (AvgIpc) is 2.66. The van der Waals surface area contributed by atoms with E-state index < -0.39 is 0 Å². The predicted molar refractivity (Wildman–Crippen MR) is 106 cm³/mol. The van der Waals surface area contributed by atoms with Crippen molar-refractivity contribution in [2.75, 3.05) is 17.2 Å². The van der Waals surface area contributed by atoms with Crippen LogP contribution in [0, 0.1) is 6.92 Å². The van der Waals surface area contributed by atoms with E-state index in [0.29, 0.717) is 13.0 Å². The molecule has 0 unspecified atom stereocenters. The van der Waals surface area contributed by atoms with Crippen LogP contribution in [0.3, 0.4) is 0 Å². The highest BCUT2D eigenvalue weighted by atomic mass is 16.5. The Bertz CT molecular complexity index is 828. The molecule has 0 radical (unpaired) electrons. The minimum atomic E-state index is -0.0686. The second kappa shape index (κ2) is 8.72. The number of para-hydroxylation sites is 1. The number of hydrogen-bond acceptors (Lipinski definition) is 3. The summed E-state index contributed by atoms with van der Waals surface area (Å²) in [7, 11) is 0. The summed E-state index contributed by atoms with van der Waals surface area (Å²) >= 11 is 0. The first kappa shape index (κ1) is 17.5. The van der Waals surface area contributed by atoms with Gasteiger partial charge in [-0.25, -0.2) is 0 Å². The molecule has 0 atom stereocenters. The third kappa shape index (κ3) is 5.38. The van der Waals surface area contributed by atoms with Gasteiger partial charge in [0.15, 0.2) is 0 Å². The zero-order valence-electron chi connectivity index (χ0n) is 14.7. The highest BCUT2D eigenvalue weighted by Crippen LogP contribution is 2.19. The quantitative estimate of drug-likeness (QED) is 0.622. The first-order valence-corrected chi connectivity index (χ1v) is 8.60. The summed E-state index contributed by atoms with van der Waals surface area (Å²) in [6.45, 7) is 2.38. The van der Waals surface area contributed by atoms with Crippen LogP contribution in [-0.2, 0) is 4.79 Å². The number of benzene rings is 3. The number of ether oxygens (including phenoxy) is 1. The Hall–Kier alpha value is -3.27. The van der Waals surface area contributed by atoms with Gasteiger partial charge in [-0.2, -0.15) is 0 Å². The van der Waals surface area contributed by atoms with Gasteiger partial charge >= 0.3 is 0 Å². The number of nitrogens with one attached hydrogen (secondary N) is 2. The molecule has 0 fully saturated rings. The van der Waals surface area contributed by atoms with E-state index in [0.717, 1.165) is 22.8 Å². The summed E-state index contributed by atoms with van der Waals surface area (Å²) in [5, 5.41) is 6.19. The molecular weight excluding hydrogens is 324 g/mol. The van der Waals surface area contributed by atoms with Crippen molar-refractivity contribution in [3.05, 3.63) is 84.4 Å². The van der Waals surface area contributed by atoms with Crippen LogP contribution < -0.4 is 15.4 Å². The van der Waals surface area contributed by atoms with Crippen LogP contribution in [0.5, 0.6) is 5.75 Å². The van der Waals surface area contributed by atoms with Crippen molar-refractivity contribution in [2.24, 2.45) is 0 Å². The second-order valence-corrected chi connectivity index (χ2v) is 6.03. The Morgan fingerprint density at radius 2 is 1.42 bits per heavy atom. The topological polar surface area (TPSA) is 50.4 Å². The van der Waals surface area contributed by atoms with Crippen LogP contribution >= 0.6 is 0 Å². The maximum atomic E-state index is 12.0. The average molecular weight is 346 g/mol. The molecule has 26 heavy (non-hydrogen) atoms. The Labute approximate surface area is 153 Å². The number of amides is 1. The van der Waals surface area contributed by atoms with Gasteiger partial charge in [-0.1, -0.05) is 35.9 Å². The summed E-state index contributed by atoms with van der Waals surface area (Å²) in [6.07, 6.45) is 0.303. The summed E-state index contributed by atoms with van der Waals surface area (Å²) < 4.78 is 5.58. The first-order valence-electron chi connectivity index (χ1n) is 8.60. The maximum absolute atomic E-state index is 12.0. The van der Waals surface area contributed by atoms with Crippen LogP contribution in [0.4, 0.5) is 17.1 Å². The molecule has 132 valence electrons. The molecule has 0 aliphatic rings. The monoisotopic (exact) mass is 346 g/mol. The molecule has 0 aliphatic carbocycles. The lowest BCUT2D eigenvalue weighted by Gasteiger charge is -2.09. The largest absolute Gasteiger partial charge is 0.493 e. The van der Waals surface area contributed by atoms with Gasteiger partial charge in [-0.05, 0) is 55.5 Å². The summed E-state index contributed by atoms with van der Waals surface area (Å²) in [5.74, 6) is 0.709. The number of rotatable bonds is 7. The number of carbonyl (C=O) groups excluding carboxylic acids is 1. The lowest BCUT2D eigenvalue weighted by Crippen LogP contribution is -2.15. The lowest BCUT2D eigenvalue weighted by molar-refractivity contribution is -0.116. The van der Waals surface area contributed by atoms with E-state index in [4.69, 9.17) is 4.74 Å². The van der Waals surface area contributed by atoms with Crippen molar-refractivity contribution < 1.29 is 9.53 Å². The number of anilines is 3. The molecule has 0 spiro atoms. The fourth-order valence-electron chi connectivity index (χ4n) is 2.44. The summed E-state index contributed by atoms with van der Waals surface area (Å²) in [6, 6.07) is 25.4. The molecule has 3 aromatic carbocycles. The highest BCUT2D eigenvalue weighted by Gasteiger charge is 2.03. The molecule has 4 heteroatoms. The Morgan fingerprint density at radius 3 is 2.12 bits per heavy atom. The predicted octanol–water partition coefficient (Wildman–Crippen LogP) is 5.15. The standard InChI is InChI=1S/C22H22N2O2/c1-17-7-13-21(14-8-17)26-16-15-22(25)24-20-11-9-19(10-12-20)23-18-5-3-2-4-6-18/h2-14,23H,15-16H2,1H3,(H,24,25). The van der Waals surface area contributed by atoms with Crippen LogP contribution in [-0.4, -0.2) is 12.5 Å². The van der Waals surface area contributed by atoms with Gasteiger partial charge in [0.05, 0.1) is 13.0 Å². The number of carbonyl (C=O) groups is 1. The lowest BCUT2D eigenvalue weighted by atomic mass is 10.2. The van der Waals surface area contributed by atoms with E-state index in [1.54, 1.807) is 0 Å². The summed E-state index contributed by atoms with van der Waals surface area (Å²) in [4.78, 5) is 12.0. The van der Waals surface area contributed by atoms with Crippen molar-refractivity contribution in [3.63, 3.8) is 0 Å². The Morgan fingerprint density at radius 1 is 0.808 bits per heavy atom. The van der Waals surface area contributed by atoms with E-state index in [2.05, 4.69) is 10.6 Å². The minimum Gasteiger partial charge on any atom is -0.493 e. The molecule has 2 N–H and O–H groups in total. The van der Waals surface area contributed by atoms with Gasteiger partial charge in [-0.15, -0.1) is 0 Å². The van der Waals surface area contributed by atoms with Gasteiger partial charge in [0.1, 0.15) is 5.75 Å². The van der Waals surface area contributed by atoms with Crippen LogP contribution in [0.2, 0.25) is 0 Å². The Kier molecular flexibility index (Phi) is 5.88. The smallest absolute Gasteiger partial charge is 0.227 e. The van der Waals surface area contributed by atoms with Gasteiger partial charge in [-0.3, -0.25) is 4.79 Å². The molecule has 0 bridgehead atoms. The molecule has 0 heterocycles. The van der Waals surface area contributed by atoms with Crippen LogP contribution in [0.25, 0.3) is 0 Å². The van der Waals surface area contributed by atoms with Crippen LogP contribution in [0.15, 0.2) is 78.9 Å². The Balaban J connectivity index is 1.44. The molecule has 0 aromatic heterocycles. The molecule has 3 rings (SSSR count). The molecule has 3 aromatic rings. The zero-order valence-corrected chi connectivity index (χ0v) is 14.7. The normalized spacial score (nSPS) is 10.2. The fraction of sp³-hybridized carbons (Fsp3) is 0.136. The van der Waals surface area contributed by atoms with E-state index in [-0.39, 0.29) is 5.91 Å². The molecule has 0 aliphatic heterocycles.